The van der Waals surface area contributed by atoms with E-state index in [1.54, 1.807) is 30.1 Å². The second-order valence-corrected chi connectivity index (χ2v) is 5.24. The molecule has 0 unspecified atom stereocenters. The number of fused-ring (bicyclic) bond motifs is 1. The molecule has 116 valence electrons. The number of carbonyl (C=O) groups excluding carboxylic acids is 2. The summed E-state index contributed by atoms with van der Waals surface area (Å²) in [6.07, 6.45) is 1.49. The molecule has 0 spiro atoms. The summed E-state index contributed by atoms with van der Waals surface area (Å²) in [4.78, 5) is 25.8. The molecule has 1 aromatic carbocycles. The molecule has 0 aliphatic carbocycles. The Labute approximate surface area is 132 Å². The number of hydrogen-bond acceptors (Lipinski definition) is 5. The van der Waals surface area contributed by atoms with Gasteiger partial charge in [0, 0.05) is 30.9 Å². The van der Waals surface area contributed by atoms with Crippen LogP contribution in [0.5, 0.6) is 0 Å². The van der Waals surface area contributed by atoms with Gasteiger partial charge in [0.2, 0.25) is 0 Å². The van der Waals surface area contributed by atoms with E-state index in [4.69, 9.17) is 10.5 Å². The number of anilines is 1. The van der Waals surface area contributed by atoms with Gasteiger partial charge in [-0.15, -0.1) is 0 Å². The minimum atomic E-state index is -0.640. The van der Waals surface area contributed by atoms with Crippen LogP contribution in [0.25, 0.3) is 5.69 Å². The number of carbonyl (C=O) groups is 2. The number of nitrogens with zero attached hydrogens (tertiary/aromatic N) is 3. The van der Waals surface area contributed by atoms with Gasteiger partial charge in [0.1, 0.15) is 6.07 Å². The Morgan fingerprint density at radius 1 is 1.43 bits per heavy atom. The largest absolute Gasteiger partial charge is 0.464 e. The van der Waals surface area contributed by atoms with Crippen molar-refractivity contribution in [1.82, 2.24) is 9.47 Å². The van der Waals surface area contributed by atoms with Crippen molar-refractivity contribution in [2.45, 2.75) is 6.54 Å². The van der Waals surface area contributed by atoms with E-state index in [1.165, 1.54) is 17.9 Å². The Morgan fingerprint density at radius 3 is 2.83 bits per heavy atom. The number of esters is 1. The van der Waals surface area contributed by atoms with Crippen LogP contribution in [0.2, 0.25) is 0 Å². The first-order valence-electron chi connectivity index (χ1n) is 6.86. The topological polar surface area (TPSA) is 101 Å². The molecule has 3 rings (SSSR count). The van der Waals surface area contributed by atoms with Crippen LogP contribution >= 0.6 is 0 Å². The number of ether oxygens (including phenoxy) is 1. The summed E-state index contributed by atoms with van der Waals surface area (Å²) in [5, 5.41) is 9.18. The Balaban J connectivity index is 2.28. The Hall–Kier alpha value is -3.27. The number of aromatic nitrogens is 1. The molecule has 0 radical (unpaired) electrons. The van der Waals surface area contributed by atoms with Gasteiger partial charge in [-0.05, 0) is 12.1 Å². The molecule has 1 aliphatic rings. The van der Waals surface area contributed by atoms with Crippen LogP contribution in [0.15, 0.2) is 24.4 Å². The van der Waals surface area contributed by atoms with Crippen molar-refractivity contribution in [3.05, 3.63) is 46.8 Å². The lowest BCUT2D eigenvalue weighted by Crippen LogP contribution is -2.17. The zero-order valence-electron chi connectivity index (χ0n) is 12.7. The standard InChI is InChI=1S/C16H14N4O3/c1-19-8-11-10(15(19)21)4-3-5-12(11)20-7-9(6-17)13(18)14(20)16(22)23-2/h3-5,7H,8,18H2,1-2H3. The second-order valence-electron chi connectivity index (χ2n) is 5.24. The molecule has 0 saturated heterocycles. The number of benzene rings is 1. The summed E-state index contributed by atoms with van der Waals surface area (Å²) in [5.41, 5.74) is 8.23. The monoisotopic (exact) mass is 310 g/mol. The molecule has 2 aromatic rings. The quantitative estimate of drug-likeness (QED) is 0.843. The highest BCUT2D eigenvalue weighted by molar-refractivity contribution is 6.00. The third kappa shape index (κ3) is 2.04. The highest BCUT2D eigenvalue weighted by atomic mass is 16.5. The number of nitrogens with two attached hydrogens (primary N) is 1. The number of hydrogen-bond donors (Lipinski definition) is 1. The first-order valence-corrected chi connectivity index (χ1v) is 6.86. The summed E-state index contributed by atoms with van der Waals surface area (Å²) < 4.78 is 6.29. The Kier molecular flexibility index (Phi) is 3.30. The third-order valence-electron chi connectivity index (χ3n) is 3.93. The van der Waals surface area contributed by atoms with Gasteiger partial charge in [0.05, 0.1) is 24.0 Å². The van der Waals surface area contributed by atoms with Crippen molar-refractivity contribution in [3.8, 4) is 11.8 Å². The zero-order valence-corrected chi connectivity index (χ0v) is 12.7. The molecule has 2 N–H and O–H groups in total. The molecule has 0 saturated carbocycles. The van der Waals surface area contributed by atoms with E-state index in [0.717, 1.165) is 5.56 Å². The van der Waals surface area contributed by atoms with E-state index in [2.05, 4.69) is 0 Å². The molecule has 2 heterocycles. The van der Waals surface area contributed by atoms with Gasteiger partial charge in [0.25, 0.3) is 5.91 Å². The molecule has 0 fully saturated rings. The third-order valence-corrected chi connectivity index (χ3v) is 3.93. The highest BCUT2D eigenvalue weighted by Gasteiger charge is 2.29. The number of methoxy groups -OCH3 is 1. The van der Waals surface area contributed by atoms with Crippen LogP contribution in [0.1, 0.15) is 32.0 Å². The molecule has 1 aliphatic heterocycles. The molecule has 7 nitrogen and oxygen atoms in total. The molecule has 0 bridgehead atoms. The summed E-state index contributed by atoms with van der Waals surface area (Å²) >= 11 is 0. The summed E-state index contributed by atoms with van der Waals surface area (Å²) in [6, 6.07) is 7.20. The number of nitriles is 1. The number of amides is 1. The molecule has 1 amide bonds. The normalized spacial score (nSPS) is 12.9. The number of nitrogen functional groups attached to an aromatic ring is 1. The van der Waals surface area contributed by atoms with Crippen molar-refractivity contribution >= 4 is 17.6 Å². The van der Waals surface area contributed by atoms with Gasteiger partial charge in [0.15, 0.2) is 5.69 Å². The average molecular weight is 310 g/mol. The van der Waals surface area contributed by atoms with Gasteiger partial charge in [-0.1, -0.05) is 6.07 Å². The van der Waals surface area contributed by atoms with Crippen LogP contribution in [-0.4, -0.2) is 35.5 Å². The maximum atomic E-state index is 12.1. The summed E-state index contributed by atoms with van der Waals surface area (Å²) in [5.74, 6) is -0.721. The lowest BCUT2D eigenvalue weighted by atomic mass is 10.1. The minimum Gasteiger partial charge on any atom is -0.464 e. The van der Waals surface area contributed by atoms with Gasteiger partial charge < -0.3 is 19.9 Å². The van der Waals surface area contributed by atoms with E-state index in [-0.39, 0.29) is 22.9 Å². The van der Waals surface area contributed by atoms with Crippen LogP contribution in [0.4, 0.5) is 5.69 Å². The fourth-order valence-corrected chi connectivity index (χ4v) is 2.79. The minimum absolute atomic E-state index is 0.0645. The van der Waals surface area contributed by atoms with Crippen LogP contribution < -0.4 is 5.73 Å². The SMILES string of the molecule is COC(=O)c1c(N)c(C#N)cn1-c1cccc2c1CN(C)C2=O. The second kappa shape index (κ2) is 5.18. The molecular weight excluding hydrogens is 296 g/mol. The van der Waals surface area contributed by atoms with Gasteiger partial charge >= 0.3 is 5.97 Å². The number of rotatable bonds is 2. The van der Waals surface area contributed by atoms with Crippen molar-refractivity contribution in [1.29, 1.82) is 5.26 Å². The van der Waals surface area contributed by atoms with Gasteiger partial charge in [-0.3, -0.25) is 4.79 Å². The smallest absolute Gasteiger partial charge is 0.357 e. The summed E-state index contributed by atoms with van der Waals surface area (Å²) in [7, 11) is 2.95. The van der Waals surface area contributed by atoms with Crippen LogP contribution in [0.3, 0.4) is 0 Å². The van der Waals surface area contributed by atoms with E-state index in [0.29, 0.717) is 17.8 Å². The zero-order chi connectivity index (χ0) is 16.7. The van der Waals surface area contributed by atoms with Crippen molar-refractivity contribution in [2.24, 2.45) is 0 Å². The fraction of sp³-hybridized carbons (Fsp3) is 0.188. The maximum Gasteiger partial charge on any atom is 0.357 e. The predicted molar refractivity (Wildman–Crippen MR) is 82.0 cm³/mol. The highest BCUT2D eigenvalue weighted by Crippen LogP contribution is 2.31. The summed E-state index contributed by atoms with van der Waals surface area (Å²) in [6.45, 7) is 0.422. The molecule has 7 heteroatoms. The van der Waals surface area contributed by atoms with E-state index in [9.17, 15) is 14.9 Å². The van der Waals surface area contributed by atoms with Crippen molar-refractivity contribution in [2.75, 3.05) is 19.9 Å². The Bertz CT molecular complexity index is 876. The van der Waals surface area contributed by atoms with E-state index >= 15 is 0 Å². The predicted octanol–water partition coefficient (Wildman–Crippen LogP) is 1.30. The van der Waals surface area contributed by atoms with Gasteiger partial charge in [-0.25, -0.2) is 4.79 Å². The lowest BCUT2D eigenvalue weighted by molar-refractivity contribution is 0.0592. The molecule has 1 aromatic heterocycles. The van der Waals surface area contributed by atoms with Gasteiger partial charge in [-0.2, -0.15) is 5.26 Å². The average Bonchev–Trinajstić information content (AvgIpc) is 3.04. The maximum absolute atomic E-state index is 12.1. The van der Waals surface area contributed by atoms with Crippen molar-refractivity contribution in [3.63, 3.8) is 0 Å². The molecule has 23 heavy (non-hydrogen) atoms. The van der Waals surface area contributed by atoms with Crippen LogP contribution in [0, 0.1) is 11.3 Å². The van der Waals surface area contributed by atoms with Crippen LogP contribution in [-0.2, 0) is 11.3 Å². The molecule has 0 atom stereocenters. The Morgan fingerprint density at radius 2 is 2.17 bits per heavy atom. The molecular formula is C16H14N4O3. The van der Waals surface area contributed by atoms with Crippen molar-refractivity contribution < 1.29 is 14.3 Å². The fourth-order valence-electron chi connectivity index (χ4n) is 2.79. The first kappa shape index (κ1) is 14.7. The first-order chi connectivity index (χ1) is 11.0. The lowest BCUT2D eigenvalue weighted by Gasteiger charge is -2.12. The van der Waals surface area contributed by atoms with E-state index < -0.39 is 5.97 Å². The van der Waals surface area contributed by atoms with E-state index in [1.807, 2.05) is 6.07 Å².